The fraction of sp³-hybridized carbons (Fsp3) is 0.280. The molecule has 1 fully saturated rings. The predicted octanol–water partition coefficient (Wildman–Crippen LogP) is 3.92. The van der Waals surface area contributed by atoms with Crippen molar-refractivity contribution < 1.29 is 19.1 Å². The molecule has 0 spiro atoms. The van der Waals surface area contributed by atoms with Gasteiger partial charge in [0, 0.05) is 37.8 Å². The van der Waals surface area contributed by atoms with Crippen LogP contribution in [0.1, 0.15) is 44.4 Å². The SMILES string of the molecule is CCOC(=O)c1ccc(N2CCCN(C(=O)c3ccccc3NC(=O)c3ccsc3)CC2)nc1. The summed E-state index contributed by atoms with van der Waals surface area (Å²) in [6, 6.07) is 12.4. The number of para-hydroxylation sites is 1. The highest BCUT2D eigenvalue weighted by Gasteiger charge is 2.23. The minimum Gasteiger partial charge on any atom is -0.462 e. The van der Waals surface area contributed by atoms with Gasteiger partial charge in [0.05, 0.1) is 29.0 Å². The number of esters is 1. The highest BCUT2D eigenvalue weighted by molar-refractivity contribution is 7.08. The third kappa shape index (κ3) is 5.43. The van der Waals surface area contributed by atoms with Crippen LogP contribution in [0, 0.1) is 0 Å². The summed E-state index contributed by atoms with van der Waals surface area (Å²) in [5, 5.41) is 6.48. The average Bonchev–Trinajstić information content (AvgIpc) is 3.29. The molecule has 1 aliphatic heterocycles. The predicted molar refractivity (Wildman–Crippen MR) is 132 cm³/mol. The number of ether oxygens (including phenoxy) is 1. The number of pyridine rings is 1. The second kappa shape index (κ2) is 10.9. The standard InChI is InChI=1S/C25H26N4O4S/c1-2-33-25(32)18-8-9-22(26-16-18)28-11-5-12-29(14-13-28)24(31)20-6-3-4-7-21(20)27-23(30)19-10-15-34-17-19/h3-4,6-10,15-17H,2,5,11-14H2,1H3,(H,27,30). The maximum Gasteiger partial charge on any atom is 0.339 e. The molecule has 8 nitrogen and oxygen atoms in total. The van der Waals surface area contributed by atoms with Crippen LogP contribution in [0.4, 0.5) is 11.5 Å². The largest absolute Gasteiger partial charge is 0.462 e. The van der Waals surface area contributed by atoms with E-state index in [9.17, 15) is 14.4 Å². The molecule has 9 heteroatoms. The van der Waals surface area contributed by atoms with E-state index in [0.29, 0.717) is 48.6 Å². The van der Waals surface area contributed by atoms with Crippen LogP contribution in [0.5, 0.6) is 0 Å². The average molecular weight is 479 g/mol. The van der Waals surface area contributed by atoms with Gasteiger partial charge in [-0.2, -0.15) is 11.3 Å². The number of aromatic nitrogens is 1. The molecule has 0 unspecified atom stereocenters. The molecule has 2 amide bonds. The van der Waals surface area contributed by atoms with Crippen LogP contribution in [-0.2, 0) is 4.74 Å². The number of rotatable bonds is 6. The van der Waals surface area contributed by atoms with Crippen molar-refractivity contribution in [2.75, 3.05) is 43.0 Å². The number of anilines is 2. The zero-order chi connectivity index (χ0) is 23.9. The van der Waals surface area contributed by atoms with Crippen LogP contribution in [0.2, 0.25) is 0 Å². The Morgan fingerprint density at radius 1 is 1.03 bits per heavy atom. The Morgan fingerprint density at radius 2 is 1.88 bits per heavy atom. The van der Waals surface area contributed by atoms with Crippen LogP contribution >= 0.6 is 11.3 Å². The normalized spacial score (nSPS) is 13.8. The van der Waals surface area contributed by atoms with Gasteiger partial charge in [0.1, 0.15) is 5.82 Å². The van der Waals surface area contributed by atoms with Crippen molar-refractivity contribution in [1.29, 1.82) is 0 Å². The number of nitrogens with one attached hydrogen (secondary N) is 1. The third-order valence-corrected chi connectivity index (χ3v) is 6.24. The molecule has 3 aromatic rings. The number of nitrogens with zero attached hydrogens (tertiary/aromatic N) is 3. The summed E-state index contributed by atoms with van der Waals surface area (Å²) in [5.41, 5.74) is 1.95. The molecule has 0 saturated carbocycles. The minimum atomic E-state index is -0.390. The summed E-state index contributed by atoms with van der Waals surface area (Å²) in [6.07, 6.45) is 2.30. The number of amides is 2. The number of hydrogen-bond acceptors (Lipinski definition) is 7. The molecule has 0 atom stereocenters. The van der Waals surface area contributed by atoms with Gasteiger partial charge in [-0.25, -0.2) is 9.78 Å². The van der Waals surface area contributed by atoms with Gasteiger partial charge < -0.3 is 19.9 Å². The van der Waals surface area contributed by atoms with Gasteiger partial charge >= 0.3 is 5.97 Å². The van der Waals surface area contributed by atoms with E-state index < -0.39 is 0 Å². The third-order valence-electron chi connectivity index (χ3n) is 5.56. The van der Waals surface area contributed by atoms with Crippen molar-refractivity contribution in [3.63, 3.8) is 0 Å². The van der Waals surface area contributed by atoms with E-state index in [0.717, 1.165) is 18.8 Å². The molecule has 176 valence electrons. The summed E-state index contributed by atoms with van der Waals surface area (Å²) < 4.78 is 5.01. The molecular weight excluding hydrogens is 452 g/mol. The first-order valence-electron chi connectivity index (χ1n) is 11.2. The Labute approximate surface area is 202 Å². The van der Waals surface area contributed by atoms with E-state index in [2.05, 4.69) is 15.2 Å². The van der Waals surface area contributed by atoms with Crippen molar-refractivity contribution in [3.05, 3.63) is 76.1 Å². The van der Waals surface area contributed by atoms with Crippen molar-refractivity contribution in [2.24, 2.45) is 0 Å². The summed E-state index contributed by atoms with van der Waals surface area (Å²) in [7, 11) is 0. The first-order chi connectivity index (χ1) is 16.6. The van der Waals surface area contributed by atoms with E-state index in [1.165, 1.54) is 17.5 Å². The number of carbonyl (C=O) groups excluding carboxylic acids is 3. The van der Waals surface area contributed by atoms with Crippen LogP contribution in [0.3, 0.4) is 0 Å². The smallest absolute Gasteiger partial charge is 0.339 e. The number of hydrogen-bond donors (Lipinski definition) is 1. The Morgan fingerprint density at radius 3 is 2.62 bits per heavy atom. The van der Waals surface area contributed by atoms with Crippen LogP contribution < -0.4 is 10.2 Å². The van der Waals surface area contributed by atoms with E-state index >= 15 is 0 Å². The maximum atomic E-state index is 13.4. The summed E-state index contributed by atoms with van der Waals surface area (Å²) in [5.74, 6) is 0.0132. The van der Waals surface area contributed by atoms with Crippen LogP contribution in [-0.4, -0.2) is 60.5 Å². The molecule has 34 heavy (non-hydrogen) atoms. The van der Waals surface area contributed by atoms with Crippen molar-refractivity contribution >= 4 is 40.6 Å². The topological polar surface area (TPSA) is 91.8 Å². The molecule has 2 aromatic heterocycles. The monoisotopic (exact) mass is 478 g/mol. The fourth-order valence-electron chi connectivity index (χ4n) is 3.80. The van der Waals surface area contributed by atoms with Gasteiger partial charge in [0.15, 0.2) is 0 Å². The lowest BCUT2D eigenvalue weighted by atomic mass is 10.1. The zero-order valence-corrected chi connectivity index (χ0v) is 19.7. The lowest BCUT2D eigenvalue weighted by Crippen LogP contribution is -2.36. The first kappa shape index (κ1) is 23.4. The molecule has 1 saturated heterocycles. The summed E-state index contributed by atoms with van der Waals surface area (Å²) >= 11 is 1.45. The Balaban J connectivity index is 1.42. The Kier molecular flexibility index (Phi) is 7.54. The van der Waals surface area contributed by atoms with Gasteiger partial charge in [0.25, 0.3) is 11.8 Å². The molecule has 1 N–H and O–H groups in total. The van der Waals surface area contributed by atoms with E-state index in [1.807, 2.05) is 10.3 Å². The first-order valence-corrected chi connectivity index (χ1v) is 12.1. The molecule has 4 rings (SSSR count). The van der Waals surface area contributed by atoms with E-state index in [-0.39, 0.29) is 17.8 Å². The minimum absolute atomic E-state index is 0.117. The van der Waals surface area contributed by atoms with E-state index in [4.69, 9.17) is 4.74 Å². The Bertz CT molecular complexity index is 1150. The van der Waals surface area contributed by atoms with E-state index in [1.54, 1.807) is 54.8 Å². The Hall–Kier alpha value is -3.72. The summed E-state index contributed by atoms with van der Waals surface area (Å²) in [4.78, 5) is 46.1. The molecule has 1 aliphatic rings. The second-order valence-corrected chi connectivity index (χ2v) is 8.55. The highest BCUT2D eigenvalue weighted by Crippen LogP contribution is 2.21. The molecule has 3 heterocycles. The molecule has 1 aromatic carbocycles. The quantitative estimate of drug-likeness (QED) is 0.540. The molecular formula is C25H26N4O4S. The van der Waals surface area contributed by atoms with Gasteiger partial charge in [-0.05, 0) is 49.1 Å². The lowest BCUT2D eigenvalue weighted by Gasteiger charge is -2.23. The van der Waals surface area contributed by atoms with Crippen LogP contribution in [0.15, 0.2) is 59.4 Å². The second-order valence-electron chi connectivity index (χ2n) is 7.77. The number of thiophene rings is 1. The van der Waals surface area contributed by atoms with Gasteiger partial charge in [-0.1, -0.05) is 12.1 Å². The van der Waals surface area contributed by atoms with Gasteiger partial charge in [-0.3, -0.25) is 9.59 Å². The van der Waals surface area contributed by atoms with Crippen LogP contribution in [0.25, 0.3) is 0 Å². The van der Waals surface area contributed by atoms with Crippen molar-refractivity contribution in [3.8, 4) is 0 Å². The molecule has 0 radical (unpaired) electrons. The molecule has 0 bridgehead atoms. The number of benzene rings is 1. The maximum absolute atomic E-state index is 13.4. The zero-order valence-electron chi connectivity index (χ0n) is 18.9. The highest BCUT2D eigenvalue weighted by atomic mass is 32.1. The number of carbonyl (C=O) groups is 3. The van der Waals surface area contributed by atoms with Gasteiger partial charge in [-0.15, -0.1) is 0 Å². The lowest BCUT2D eigenvalue weighted by molar-refractivity contribution is 0.0525. The van der Waals surface area contributed by atoms with Crippen molar-refractivity contribution in [1.82, 2.24) is 9.88 Å². The van der Waals surface area contributed by atoms with Crippen molar-refractivity contribution in [2.45, 2.75) is 13.3 Å². The van der Waals surface area contributed by atoms with Gasteiger partial charge in [0.2, 0.25) is 0 Å². The fourth-order valence-corrected chi connectivity index (χ4v) is 4.43. The molecule has 0 aliphatic carbocycles. The summed E-state index contributed by atoms with van der Waals surface area (Å²) in [6.45, 7) is 4.56.